The number of hydrogen-bond acceptors (Lipinski definition) is 2. The molecule has 25 heavy (non-hydrogen) atoms. The van der Waals surface area contributed by atoms with E-state index in [9.17, 15) is 13.2 Å². The summed E-state index contributed by atoms with van der Waals surface area (Å²) in [6.07, 6.45) is 3.12. The van der Waals surface area contributed by atoms with Crippen LogP contribution >= 0.6 is 11.6 Å². The van der Waals surface area contributed by atoms with Crippen LogP contribution in [-0.2, 0) is 0 Å². The van der Waals surface area contributed by atoms with E-state index in [-0.39, 0.29) is 16.5 Å². The lowest BCUT2D eigenvalue weighted by Crippen LogP contribution is -2.02. The third kappa shape index (κ3) is 2.55. The summed E-state index contributed by atoms with van der Waals surface area (Å²) >= 11 is 6.24. The summed E-state index contributed by atoms with van der Waals surface area (Å²) in [5, 5.41) is -0.123. The number of nitrogens with zero attached hydrogens (tertiary/aromatic N) is 3. The molecule has 4 aromatic rings. The highest BCUT2D eigenvalue weighted by atomic mass is 35.5. The van der Waals surface area contributed by atoms with Crippen molar-refractivity contribution in [3.63, 3.8) is 0 Å². The summed E-state index contributed by atoms with van der Waals surface area (Å²) in [5.41, 5.74) is 0.673. The van der Waals surface area contributed by atoms with Crippen LogP contribution in [0.5, 0.6) is 0 Å². The van der Waals surface area contributed by atoms with Gasteiger partial charge < -0.3 is 0 Å². The molecule has 0 atom stereocenters. The average molecular weight is 360 g/mol. The molecule has 0 N–H and O–H groups in total. The van der Waals surface area contributed by atoms with E-state index >= 15 is 0 Å². The molecule has 0 fully saturated rings. The molecule has 0 aliphatic heterocycles. The Kier molecular flexibility index (Phi) is 3.69. The van der Waals surface area contributed by atoms with E-state index < -0.39 is 23.0 Å². The summed E-state index contributed by atoms with van der Waals surface area (Å²) in [6, 6.07) is 10.2. The van der Waals surface area contributed by atoms with Gasteiger partial charge in [0.2, 0.25) is 5.78 Å². The molecule has 2 heterocycles. The fourth-order valence-corrected chi connectivity index (χ4v) is 3.06. The van der Waals surface area contributed by atoms with Crippen molar-refractivity contribution in [3.8, 4) is 22.4 Å². The quantitative estimate of drug-likeness (QED) is 0.464. The van der Waals surface area contributed by atoms with Crippen molar-refractivity contribution in [3.05, 3.63) is 77.5 Å². The zero-order chi connectivity index (χ0) is 17.6. The highest BCUT2D eigenvalue weighted by Gasteiger charge is 2.24. The van der Waals surface area contributed by atoms with E-state index in [1.807, 2.05) is 6.07 Å². The maximum Gasteiger partial charge on any atom is 0.235 e. The second-order valence-corrected chi connectivity index (χ2v) is 5.69. The number of imidazole rings is 1. The van der Waals surface area contributed by atoms with Gasteiger partial charge in [-0.25, -0.2) is 18.2 Å². The van der Waals surface area contributed by atoms with Gasteiger partial charge in [-0.2, -0.15) is 4.98 Å². The van der Waals surface area contributed by atoms with Crippen LogP contribution < -0.4 is 0 Å². The molecule has 0 radical (unpaired) electrons. The van der Waals surface area contributed by atoms with Crippen LogP contribution in [0.2, 0.25) is 5.15 Å². The lowest BCUT2D eigenvalue weighted by atomic mass is 9.99. The first-order valence-corrected chi connectivity index (χ1v) is 7.67. The highest BCUT2D eigenvalue weighted by Crippen LogP contribution is 2.39. The van der Waals surface area contributed by atoms with E-state index in [4.69, 9.17) is 11.6 Å². The zero-order valence-corrected chi connectivity index (χ0v) is 13.3. The van der Waals surface area contributed by atoms with E-state index in [1.54, 1.807) is 34.9 Å². The monoisotopic (exact) mass is 359 g/mol. The first kappa shape index (κ1) is 15.7. The van der Waals surface area contributed by atoms with Crippen LogP contribution in [0.15, 0.2) is 54.9 Å². The molecule has 0 aliphatic rings. The maximum atomic E-state index is 14.4. The number of aromatic nitrogens is 3. The van der Waals surface area contributed by atoms with Crippen molar-refractivity contribution in [2.45, 2.75) is 0 Å². The molecule has 0 saturated carbocycles. The summed E-state index contributed by atoms with van der Waals surface area (Å²) < 4.78 is 43.7. The van der Waals surface area contributed by atoms with Crippen LogP contribution in [0.3, 0.4) is 0 Å². The van der Waals surface area contributed by atoms with Gasteiger partial charge in [0.15, 0.2) is 0 Å². The minimum absolute atomic E-state index is 0.0355. The van der Waals surface area contributed by atoms with Crippen LogP contribution in [0.25, 0.3) is 28.2 Å². The number of hydrogen-bond donors (Lipinski definition) is 0. The maximum absolute atomic E-state index is 14.4. The van der Waals surface area contributed by atoms with Gasteiger partial charge in [-0.3, -0.25) is 4.40 Å². The van der Waals surface area contributed by atoms with Gasteiger partial charge in [-0.15, -0.1) is 0 Å². The van der Waals surface area contributed by atoms with Crippen LogP contribution in [0.4, 0.5) is 13.2 Å². The summed E-state index contributed by atoms with van der Waals surface area (Å²) in [4.78, 5) is 8.17. The third-order valence-electron chi connectivity index (χ3n) is 3.81. The minimum atomic E-state index is -1.06. The molecule has 124 valence electrons. The number of halogens is 4. The van der Waals surface area contributed by atoms with E-state index in [0.717, 1.165) is 0 Å². The molecular formula is C18H9ClF3N3. The first-order chi connectivity index (χ1) is 12.1. The average Bonchev–Trinajstić information content (AvgIpc) is 3.02. The van der Waals surface area contributed by atoms with Crippen molar-refractivity contribution in [2.24, 2.45) is 0 Å². The molecular weight excluding hydrogens is 351 g/mol. The van der Waals surface area contributed by atoms with Crippen LogP contribution in [0.1, 0.15) is 0 Å². The Hall–Kier alpha value is -2.86. The molecule has 0 spiro atoms. The molecule has 0 amide bonds. The fraction of sp³-hybridized carbons (Fsp3) is 0. The molecule has 2 aromatic heterocycles. The Balaban J connectivity index is 2.17. The van der Waals surface area contributed by atoms with Gasteiger partial charge in [0.1, 0.15) is 22.6 Å². The zero-order valence-electron chi connectivity index (χ0n) is 12.5. The molecule has 2 aromatic carbocycles. The predicted octanol–water partition coefficient (Wildman–Crippen LogP) is 5.13. The summed E-state index contributed by atoms with van der Waals surface area (Å²) in [6.45, 7) is 0. The lowest BCUT2D eigenvalue weighted by Gasteiger charge is -2.15. The van der Waals surface area contributed by atoms with E-state index in [1.165, 1.54) is 6.20 Å². The Morgan fingerprint density at radius 2 is 1.60 bits per heavy atom. The van der Waals surface area contributed by atoms with Crippen molar-refractivity contribution in [1.29, 1.82) is 0 Å². The molecule has 0 aliphatic carbocycles. The third-order valence-corrected chi connectivity index (χ3v) is 4.08. The van der Waals surface area contributed by atoms with Gasteiger partial charge in [-0.1, -0.05) is 41.9 Å². The molecule has 3 nitrogen and oxygen atoms in total. The molecule has 4 rings (SSSR count). The van der Waals surface area contributed by atoms with Crippen molar-refractivity contribution in [1.82, 2.24) is 14.4 Å². The minimum Gasteiger partial charge on any atom is -0.283 e. The second kappa shape index (κ2) is 5.89. The second-order valence-electron chi connectivity index (χ2n) is 5.33. The Morgan fingerprint density at radius 3 is 2.28 bits per heavy atom. The van der Waals surface area contributed by atoms with Crippen molar-refractivity contribution < 1.29 is 13.2 Å². The molecule has 0 bridgehead atoms. The smallest absolute Gasteiger partial charge is 0.235 e. The first-order valence-electron chi connectivity index (χ1n) is 7.29. The van der Waals surface area contributed by atoms with Crippen LogP contribution in [0, 0.1) is 17.5 Å². The number of benzene rings is 2. The van der Waals surface area contributed by atoms with Gasteiger partial charge >= 0.3 is 0 Å². The lowest BCUT2D eigenvalue weighted by molar-refractivity contribution is 0.548. The fourth-order valence-electron chi connectivity index (χ4n) is 2.80. The van der Waals surface area contributed by atoms with Gasteiger partial charge in [0.25, 0.3) is 0 Å². The summed E-state index contributed by atoms with van der Waals surface area (Å²) in [7, 11) is 0. The number of fused-ring (bicyclic) bond motifs is 1. The number of rotatable bonds is 2. The Labute approximate surface area is 145 Å². The van der Waals surface area contributed by atoms with E-state index in [2.05, 4.69) is 9.97 Å². The highest BCUT2D eigenvalue weighted by molar-refractivity contribution is 6.33. The Morgan fingerprint density at radius 1 is 0.920 bits per heavy atom. The Bertz CT molecular complexity index is 1070. The molecule has 7 heteroatoms. The molecule has 0 unspecified atom stereocenters. The van der Waals surface area contributed by atoms with Crippen molar-refractivity contribution >= 4 is 17.4 Å². The van der Waals surface area contributed by atoms with Gasteiger partial charge in [-0.05, 0) is 5.56 Å². The summed E-state index contributed by atoms with van der Waals surface area (Å²) in [5.74, 6) is -2.83. The SMILES string of the molecule is Fc1cc(F)c(-c2c(Cl)nc3nccn3c2-c2ccccc2)c(F)c1. The largest absolute Gasteiger partial charge is 0.283 e. The van der Waals surface area contributed by atoms with Gasteiger partial charge in [0.05, 0.1) is 11.3 Å². The molecule has 0 saturated heterocycles. The normalized spacial score (nSPS) is 11.2. The topological polar surface area (TPSA) is 30.2 Å². The standard InChI is InChI=1S/C18H9ClF3N3/c19-17-15(14-12(21)8-11(20)9-13(14)22)16(10-4-2-1-3-5-10)25-7-6-23-18(25)24-17/h1-9H. The van der Waals surface area contributed by atoms with Gasteiger partial charge in [0, 0.05) is 30.1 Å². The predicted molar refractivity (Wildman–Crippen MR) is 88.7 cm³/mol. The van der Waals surface area contributed by atoms with Crippen LogP contribution in [-0.4, -0.2) is 14.4 Å². The van der Waals surface area contributed by atoms with Crippen molar-refractivity contribution in [2.75, 3.05) is 0 Å². The van der Waals surface area contributed by atoms with E-state index in [0.29, 0.717) is 23.4 Å².